The van der Waals surface area contributed by atoms with Crippen LogP contribution in [0.25, 0.3) is 0 Å². The summed E-state index contributed by atoms with van der Waals surface area (Å²) in [6.07, 6.45) is 20.7. The molecular weight excluding hydrogens is 707 g/mol. The van der Waals surface area contributed by atoms with Gasteiger partial charge >= 0.3 is 19.8 Å². The molecule has 0 saturated heterocycles. The molecule has 0 aromatic heterocycles. The Kier molecular flexibility index (Phi) is 27.4. The summed E-state index contributed by atoms with van der Waals surface area (Å²) in [7, 11) is -5.11. The van der Waals surface area contributed by atoms with Gasteiger partial charge in [-0.1, -0.05) is 107 Å². The normalized spacial score (nSPS) is 24.2. The van der Waals surface area contributed by atoms with Crippen LogP contribution in [0, 0.1) is 0 Å². The molecular formula is C39H65O13P. The van der Waals surface area contributed by atoms with Crippen molar-refractivity contribution in [2.45, 2.75) is 159 Å². The van der Waals surface area contributed by atoms with Crippen molar-refractivity contribution in [3.63, 3.8) is 0 Å². The van der Waals surface area contributed by atoms with Crippen molar-refractivity contribution in [2.75, 3.05) is 13.2 Å². The van der Waals surface area contributed by atoms with Crippen molar-refractivity contribution >= 4 is 19.8 Å². The van der Waals surface area contributed by atoms with E-state index in [1.54, 1.807) is 0 Å². The number of unbranched alkanes of at least 4 members (excludes halogenated alkanes) is 7. The van der Waals surface area contributed by atoms with Crippen LogP contribution in [0.1, 0.15) is 117 Å². The summed E-state index contributed by atoms with van der Waals surface area (Å²) in [6.45, 7) is 3.00. The molecule has 0 bridgehead atoms. The van der Waals surface area contributed by atoms with Gasteiger partial charge in [0.1, 0.15) is 43.2 Å². The number of esters is 2. The molecule has 1 rings (SSSR count). The van der Waals surface area contributed by atoms with Gasteiger partial charge in [-0.3, -0.25) is 18.6 Å². The smallest absolute Gasteiger partial charge is 0.462 e. The highest BCUT2D eigenvalue weighted by molar-refractivity contribution is 7.47. The third-order valence-electron chi connectivity index (χ3n) is 8.37. The Morgan fingerprint density at radius 3 is 1.62 bits per heavy atom. The number of aliphatic hydroxyl groups is 5. The second kappa shape index (κ2) is 29.9. The second-order valence-corrected chi connectivity index (χ2v) is 14.5. The minimum absolute atomic E-state index is 0.0549. The minimum Gasteiger partial charge on any atom is -0.462 e. The first-order chi connectivity index (χ1) is 25.4. The topological polar surface area (TPSA) is 210 Å². The molecule has 6 atom stereocenters. The van der Waals surface area contributed by atoms with Gasteiger partial charge in [0.15, 0.2) is 6.10 Å². The van der Waals surface area contributed by atoms with Gasteiger partial charge in [-0.05, 0) is 57.8 Å². The van der Waals surface area contributed by atoms with Gasteiger partial charge in [0, 0.05) is 12.8 Å². The van der Waals surface area contributed by atoms with Gasteiger partial charge in [-0.15, -0.1) is 0 Å². The standard InChI is InChI=1S/C39H65O13P/c1-3-5-7-9-10-11-12-13-14-15-16-17-18-19-20-21-22-24-26-28-33(41)51-31(29-49-32(40)27-25-23-8-6-4-2)30-50-53(47,48)52-39-37(45)35(43)34(42)36(44)38(39)46/h5,7,10-11,13-14,16-17,19-20,31,34-39,42-46H,3-4,6,8-9,12,15,18,21-30H2,1-2H3,(H,47,48)/b7-5-,11-10-,14-13-,17-16-,20-19-. The fourth-order valence-electron chi connectivity index (χ4n) is 5.25. The van der Waals surface area contributed by atoms with E-state index in [-0.39, 0.29) is 12.8 Å². The molecule has 1 aliphatic rings. The number of aliphatic hydroxyl groups excluding tert-OH is 5. The predicted octanol–water partition coefficient (Wildman–Crippen LogP) is 5.82. The Bertz CT molecular complexity index is 1170. The van der Waals surface area contributed by atoms with E-state index in [0.29, 0.717) is 12.8 Å². The van der Waals surface area contributed by atoms with Crippen molar-refractivity contribution < 1.29 is 63.1 Å². The van der Waals surface area contributed by atoms with E-state index in [0.717, 1.165) is 77.0 Å². The molecule has 0 aromatic carbocycles. The number of carbonyl (C=O) groups is 2. The van der Waals surface area contributed by atoms with Crippen molar-refractivity contribution in [1.29, 1.82) is 0 Å². The van der Waals surface area contributed by atoms with Crippen LogP contribution in [-0.2, 0) is 32.7 Å². The SMILES string of the molecule is CC/C=C\C/C=C\C/C=C\C/C=C\C/C=C\CCCCCC(=O)OC(COC(=O)CCCCCCC)COP(=O)(O)OC1C(O)C(O)C(O)C(O)C1O. The number of phosphoric acid groups is 1. The highest BCUT2D eigenvalue weighted by Crippen LogP contribution is 2.47. The summed E-state index contributed by atoms with van der Waals surface area (Å²) in [5.74, 6) is -1.16. The van der Waals surface area contributed by atoms with Crippen LogP contribution in [0.5, 0.6) is 0 Å². The quantitative estimate of drug-likeness (QED) is 0.0229. The Morgan fingerprint density at radius 2 is 1.08 bits per heavy atom. The highest BCUT2D eigenvalue weighted by atomic mass is 31.2. The van der Waals surface area contributed by atoms with E-state index in [2.05, 4.69) is 74.6 Å². The molecule has 14 heteroatoms. The van der Waals surface area contributed by atoms with Crippen LogP contribution in [0.15, 0.2) is 60.8 Å². The lowest BCUT2D eigenvalue weighted by Crippen LogP contribution is -2.64. The average molecular weight is 773 g/mol. The molecule has 0 spiro atoms. The first kappa shape index (κ1) is 48.6. The van der Waals surface area contributed by atoms with E-state index in [1.807, 2.05) is 0 Å². The van der Waals surface area contributed by atoms with Gasteiger partial charge in [0.2, 0.25) is 0 Å². The molecule has 13 nitrogen and oxygen atoms in total. The maximum absolute atomic E-state index is 12.7. The highest BCUT2D eigenvalue weighted by Gasteiger charge is 2.51. The Labute approximate surface area is 315 Å². The molecule has 1 aliphatic carbocycles. The van der Waals surface area contributed by atoms with Crippen molar-refractivity contribution in [1.82, 2.24) is 0 Å². The van der Waals surface area contributed by atoms with E-state index in [4.69, 9.17) is 18.5 Å². The van der Waals surface area contributed by atoms with Crippen LogP contribution in [0.4, 0.5) is 0 Å². The van der Waals surface area contributed by atoms with E-state index in [1.165, 1.54) is 0 Å². The van der Waals surface area contributed by atoms with Crippen LogP contribution in [0.3, 0.4) is 0 Å². The third-order valence-corrected chi connectivity index (χ3v) is 9.36. The predicted molar refractivity (Wildman–Crippen MR) is 202 cm³/mol. The van der Waals surface area contributed by atoms with Gasteiger partial charge in [-0.2, -0.15) is 0 Å². The Morgan fingerprint density at radius 1 is 0.604 bits per heavy atom. The first-order valence-corrected chi connectivity index (χ1v) is 20.6. The lowest BCUT2D eigenvalue weighted by molar-refractivity contribution is -0.220. The van der Waals surface area contributed by atoms with Crippen LogP contribution in [-0.4, -0.2) is 98.3 Å². The number of allylic oxidation sites excluding steroid dienone is 10. The number of rotatable bonds is 29. The van der Waals surface area contributed by atoms with Crippen LogP contribution < -0.4 is 0 Å². The monoisotopic (exact) mass is 772 g/mol. The minimum atomic E-state index is -5.11. The van der Waals surface area contributed by atoms with E-state index in [9.17, 15) is 44.6 Å². The summed E-state index contributed by atoms with van der Waals surface area (Å²) < 4.78 is 33.1. The first-order valence-electron chi connectivity index (χ1n) is 19.1. The van der Waals surface area contributed by atoms with Gasteiger partial charge in [0.25, 0.3) is 0 Å². The van der Waals surface area contributed by atoms with Gasteiger partial charge < -0.3 is 39.9 Å². The number of hydrogen-bond donors (Lipinski definition) is 6. The molecule has 53 heavy (non-hydrogen) atoms. The van der Waals surface area contributed by atoms with E-state index < -0.39 is 75.7 Å². The maximum Gasteiger partial charge on any atom is 0.472 e. The molecule has 1 saturated carbocycles. The fourth-order valence-corrected chi connectivity index (χ4v) is 6.22. The molecule has 0 amide bonds. The Hall–Kier alpha value is -2.45. The van der Waals surface area contributed by atoms with Crippen LogP contribution in [0.2, 0.25) is 0 Å². The molecule has 6 N–H and O–H groups in total. The largest absolute Gasteiger partial charge is 0.472 e. The Balaban J connectivity index is 2.49. The molecule has 6 unspecified atom stereocenters. The summed E-state index contributed by atoms with van der Waals surface area (Å²) >= 11 is 0. The summed E-state index contributed by atoms with van der Waals surface area (Å²) in [6, 6.07) is 0. The summed E-state index contributed by atoms with van der Waals surface area (Å²) in [4.78, 5) is 35.2. The lowest BCUT2D eigenvalue weighted by atomic mass is 9.85. The number of phosphoric ester groups is 1. The number of hydrogen-bond acceptors (Lipinski definition) is 12. The second-order valence-electron chi connectivity index (χ2n) is 13.1. The van der Waals surface area contributed by atoms with Crippen LogP contribution >= 0.6 is 7.82 Å². The third kappa shape index (κ3) is 23.2. The molecule has 0 aliphatic heterocycles. The fraction of sp³-hybridized carbons (Fsp3) is 0.692. The van der Waals surface area contributed by atoms with Crippen molar-refractivity contribution in [2.24, 2.45) is 0 Å². The molecule has 0 radical (unpaired) electrons. The zero-order valence-electron chi connectivity index (χ0n) is 31.5. The number of carbonyl (C=O) groups excluding carboxylic acids is 2. The van der Waals surface area contributed by atoms with Gasteiger partial charge in [-0.25, -0.2) is 4.57 Å². The zero-order chi connectivity index (χ0) is 39.3. The van der Waals surface area contributed by atoms with Gasteiger partial charge in [0.05, 0.1) is 6.61 Å². The maximum atomic E-state index is 12.7. The van der Waals surface area contributed by atoms with E-state index >= 15 is 0 Å². The summed E-state index contributed by atoms with van der Waals surface area (Å²) in [5.41, 5.74) is 0. The molecule has 0 aromatic rings. The molecule has 304 valence electrons. The zero-order valence-corrected chi connectivity index (χ0v) is 32.4. The molecule has 0 heterocycles. The van der Waals surface area contributed by atoms with Crippen molar-refractivity contribution in [3.8, 4) is 0 Å². The lowest BCUT2D eigenvalue weighted by Gasteiger charge is -2.41. The van der Waals surface area contributed by atoms with Crippen molar-refractivity contribution in [3.05, 3.63) is 60.8 Å². The summed E-state index contributed by atoms with van der Waals surface area (Å²) in [5, 5.41) is 49.8. The molecule has 1 fully saturated rings. The average Bonchev–Trinajstić information content (AvgIpc) is 3.13. The number of ether oxygens (including phenoxy) is 2.